The quantitative estimate of drug-likeness (QED) is 0.871. The zero-order valence-corrected chi connectivity index (χ0v) is 13.1. The van der Waals surface area contributed by atoms with Crippen molar-refractivity contribution in [1.82, 2.24) is 9.21 Å². The largest absolute Gasteiger partial charge is 0.342 e. The number of sulfonamides is 1. The molecule has 0 radical (unpaired) electrons. The number of nitrogens with two attached hydrogens (primary N) is 1. The maximum atomic E-state index is 12.6. The van der Waals surface area contributed by atoms with Gasteiger partial charge in [-0.15, -0.1) is 0 Å². The minimum atomic E-state index is -3.50. The lowest BCUT2D eigenvalue weighted by Crippen LogP contribution is -2.38. The molecular weight excluding hydrogens is 290 g/mol. The van der Waals surface area contributed by atoms with Gasteiger partial charge in [-0.3, -0.25) is 4.79 Å². The van der Waals surface area contributed by atoms with Crippen molar-refractivity contribution in [3.63, 3.8) is 0 Å². The summed E-state index contributed by atoms with van der Waals surface area (Å²) in [5.41, 5.74) is 6.41. The third kappa shape index (κ3) is 3.25. The summed E-state index contributed by atoms with van der Waals surface area (Å²) in [6.07, 6.45) is 0.663. The Balaban J connectivity index is 2.15. The fraction of sp³-hybridized carbons (Fsp3) is 0.500. The highest BCUT2D eigenvalue weighted by Crippen LogP contribution is 2.23. The van der Waals surface area contributed by atoms with Crippen molar-refractivity contribution in [2.24, 2.45) is 5.73 Å². The van der Waals surface area contributed by atoms with Crippen molar-refractivity contribution in [1.29, 1.82) is 0 Å². The summed E-state index contributed by atoms with van der Waals surface area (Å²) in [4.78, 5) is 13.2. The molecule has 0 spiro atoms. The molecule has 0 aliphatic carbocycles. The highest BCUT2D eigenvalue weighted by atomic mass is 32.2. The average Bonchev–Trinajstić information content (AvgIpc) is 2.96. The van der Waals surface area contributed by atoms with Crippen molar-refractivity contribution < 1.29 is 13.2 Å². The SMILES string of the molecule is CC(=O)N(C)C1CCN(S(=O)(=O)c2ccc(CN)cc2)C1. The van der Waals surface area contributed by atoms with E-state index < -0.39 is 10.0 Å². The molecule has 0 bridgehead atoms. The minimum absolute atomic E-state index is 0.0495. The smallest absolute Gasteiger partial charge is 0.243 e. The van der Waals surface area contributed by atoms with E-state index in [0.717, 1.165) is 5.56 Å². The van der Waals surface area contributed by atoms with Gasteiger partial charge in [0.1, 0.15) is 0 Å². The maximum absolute atomic E-state index is 12.6. The van der Waals surface area contributed by atoms with Crippen LogP contribution < -0.4 is 5.73 Å². The molecule has 2 N–H and O–H groups in total. The Bertz CT molecular complexity index is 613. The monoisotopic (exact) mass is 311 g/mol. The first kappa shape index (κ1) is 15.9. The molecule has 6 nitrogen and oxygen atoms in total. The van der Waals surface area contributed by atoms with Crippen LogP contribution in [0.2, 0.25) is 0 Å². The Kier molecular flexibility index (Phi) is 4.65. The molecule has 21 heavy (non-hydrogen) atoms. The van der Waals surface area contributed by atoms with Gasteiger partial charge in [-0.25, -0.2) is 8.42 Å². The highest BCUT2D eigenvalue weighted by Gasteiger charge is 2.34. The number of benzene rings is 1. The molecule has 1 fully saturated rings. The van der Waals surface area contributed by atoms with Crippen LogP contribution in [0, 0.1) is 0 Å². The van der Waals surface area contributed by atoms with Gasteiger partial charge in [0.05, 0.1) is 4.90 Å². The Labute approximate surface area is 125 Å². The van der Waals surface area contributed by atoms with E-state index in [1.165, 1.54) is 11.2 Å². The lowest BCUT2D eigenvalue weighted by molar-refractivity contribution is -0.129. The van der Waals surface area contributed by atoms with Crippen LogP contribution in [0.3, 0.4) is 0 Å². The van der Waals surface area contributed by atoms with Gasteiger partial charge in [-0.05, 0) is 24.1 Å². The van der Waals surface area contributed by atoms with Gasteiger partial charge in [0, 0.05) is 39.6 Å². The van der Waals surface area contributed by atoms with Crippen LogP contribution in [-0.4, -0.2) is 49.7 Å². The third-order valence-electron chi connectivity index (χ3n) is 3.97. The zero-order chi connectivity index (χ0) is 15.6. The van der Waals surface area contributed by atoms with E-state index in [1.807, 2.05) is 0 Å². The lowest BCUT2D eigenvalue weighted by atomic mass is 10.2. The lowest BCUT2D eigenvalue weighted by Gasteiger charge is -2.23. The fourth-order valence-corrected chi connectivity index (χ4v) is 3.94. The van der Waals surface area contributed by atoms with Gasteiger partial charge >= 0.3 is 0 Å². The molecule has 116 valence electrons. The highest BCUT2D eigenvalue weighted by molar-refractivity contribution is 7.89. The van der Waals surface area contributed by atoms with Crippen molar-refractivity contribution in [3.05, 3.63) is 29.8 Å². The molecule has 1 aromatic carbocycles. The van der Waals surface area contributed by atoms with Crippen LogP contribution in [0.1, 0.15) is 18.9 Å². The minimum Gasteiger partial charge on any atom is -0.342 e. The van der Waals surface area contributed by atoms with E-state index in [9.17, 15) is 13.2 Å². The summed E-state index contributed by atoms with van der Waals surface area (Å²) in [5, 5.41) is 0. The molecule has 7 heteroatoms. The molecule has 1 amide bonds. The summed E-state index contributed by atoms with van der Waals surface area (Å²) in [5.74, 6) is -0.0495. The first-order valence-corrected chi connectivity index (χ1v) is 8.33. The topological polar surface area (TPSA) is 83.7 Å². The van der Waals surface area contributed by atoms with E-state index in [0.29, 0.717) is 26.1 Å². The Morgan fingerprint density at radius 1 is 1.38 bits per heavy atom. The Hall–Kier alpha value is -1.44. The van der Waals surface area contributed by atoms with E-state index in [4.69, 9.17) is 5.73 Å². The normalized spacial score (nSPS) is 19.7. The molecule has 0 aromatic heterocycles. The molecule has 1 aliphatic heterocycles. The molecule has 1 aromatic rings. The second-order valence-corrected chi connectivity index (χ2v) is 7.22. The molecule has 1 saturated heterocycles. The number of likely N-dealkylation sites (N-methyl/N-ethyl adjacent to an activating group) is 1. The van der Waals surface area contributed by atoms with Crippen LogP contribution in [-0.2, 0) is 21.4 Å². The van der Waals surface area contributed by atoms with E-state index >= 15 is 0 Å². The number of hydrogen-bond acceptors (Lipinski definition) is 4. The first-order valence-electron chi connectivity index (χ1n) is 6.89. The molecule has 1 atom stereocenters. The molecule has 1 heterocycles. The third-order valence-corrected chi connectivity index (χ3v) is 5.85. The fourth-order valence-electron chi connectivity index (χ4n) is 2.45. The molecule has 0 saturated carbocycles. The summed E-state index contributed by atoms with van der Waals surface area (Å²) < 4.78 is 26.6. The van der Waals surface area contributed by atoms with Gasteiger partial charge in [-0.1, -0.05) is 12.1 Å². The van der Waals surface area contributed by atoms with E-state index in [-0.39, 0.29) is 16.8 Å². The predicted molar refractivity (Wildman–Crippen MR) is 79.9 cm³/mol. The number of carbonyl (C=O) groups excluding carboxylic acids is 1. The van der Waals surface area contributed by atoms with Gasteiger partial charge in [-0.2, -0.15) is 4.31 Å². The standard InChI is InChI=1S/C14H21N3O3S/c1-11(18)16(2)13-7-8-17(10-13)21(19,20)14-5-3-12(9-15)4-6-14/h3-6,13H,7-10,15H2,1-2H3. The summed E-state index contributed by atoms with van der Waals surface area (Å²) in [6, 6.07) is 6.56. The van der Waals surface area contributed by atoms with Crippen LogP contribution in [0.4, 0.5) is 0 Å². The maximum Gasteiger partial charge on any atom is 0.243 e. The van der Waals surface area contributed by atoms with Crippen LogP contribution in [0.15, 0.2) is 29.2 Å². The molecule has 1 aliphatic rings. The van der Waals surface area contributed by atoms with Gasteiger partial charge in [0.2, 0.25) is 15.9 Å². The van der Waals surface area contributed by atoms with Gasteiger partial charge < -0.3 is 10.6 Å². The van der Waals surface area contributed by atoms with Crippen molar-refractivity contribution in [3.8, 4) is 0 Å². The van der Waals surface area contributed by atoms with E-state index in [1.54, 1.807) is 36.2 Å². The number of nitrogens with zero attached hydrogens (tertiary/aromatic N) is 2. The van der Waals surface area contributed by atoms with Crippen molar-refractivity contribution in [2.45, 2.75) is 30.8 Å². The number of rotatable bonds is 4. The second kappa shape index (κ2) is 6.13. The number of hydrogen-bond donors (Lipinski definition) is 1. The van der Waals surface area contributed by atoms with Crippen LogP contribution >= 0.6 is 0 Å². The number of carbonyl (C=O) groups is 1. The summed E-state index contributed by atoms with van der Waals surface area (Å²) in [7, 11) is -1.79. The van der Waals surface area contributed by atoms with Gasteiger partial charge in [0.25, 0.3) is 0 Å². The summed E-state index contributed by atoms with van der Waals surface area (Å²) in [6.45, 7) is 2.65. The second-order valence-electron chi connectivity index (χ2n) is 5.28. The zero-order valence-electron chi connectivity index (χ0n) is 12.3. The molecular formula is C14H21N3O3S. The Morgan fingerprint density at radius 2 is 2.00 bits per heavy atom. The van der Waals surface area contributed by atoms with Crippen molar-refractivity contribution in [2.75, 3.05) is 20.1 Å². The first-order chi connectivity index (χ1) is 9.86. The predicted octanol–water partition coefficient (Wildman–Crippen LogP) is 0.387. The van der Waals surface area contributed by atoms with Crippen LogP contribution in [0.25, 0.3) is 0 Å². The summed E-state index contributed by atoms with van der Waals surface area (Å²) >= 11 is 0. The molecule has 1 unspecified atom stereocenters. The van der Waals surface area contributed by atoms with Crippen molar-refractivity contribution >= 4 is 15.9 Å². The molecule has 2 rings (SSSR count). The average molecular weight is 311 g/mol. The van der Waals surface area contributed by atoms with E-state index in [2.05, 4.69) is 0 Å². The van der Waals surface area contributed by atoms with Gasteiger partial charge in [0.15, 0.2) is 0 Å². The number of amides is 1. The van der Waals surface area contributed by atoms with Crippen LogP contribution in [0.5, 0.6) is 0 Å². The Morgan fingerprint density at radius 3 is 2.52 bits per heavy atom.